The van der Waals surface area contributed by atoms with E-state index in [-0.39, 0.29) is 6.61 Å². The lowest BCUT2D eigenvalue weighted by Gasteiger charge is -2.22. The van der Waals surface area contributed by atoms with Crippen LogP contribution < -0.4 is 0 Å². The van der Waals surface area contributed by atoms with Crippen molar-refractivity contribution in [3.8, 4) is 0 Å². The van der Waals surface area contributed by atoms with Crippen LogP contribution in [0.1, 0.15) is 0 Å². The third-order valence-corrected chi connectivity index (χ3v) is 2.19. The van der Waals surface area contributed by atoms with Crippen molar-refractivity contribution in [2.45, 2.75) is 12.2 Å². The van der Waals surface area contributed by atoms with E-state index in [1.807, 2.05) is 0 Å². The molecule has 0 aromatic heterocycles. The fraction of sp³-hybridized carbons (Fsp3) is 1.00. The Kier molecular flexibility index (Phi) is 6.35. The highest BCUT2D eigenvalue weighted by Gasteiger charge is 2.32. The van der Waals surface area contributed by atoms with Crippen LogP contribution in [0.25, 0.3) is 0 Å². The van der Waals surface area contributed by atoms with Crippen LogP contribution in [-0.4, -0.2) is 23.9 Å². The molecule has 1 unspecified atom stereocenters. The first-order valence-electron chi connectivity index (χ1n) is 2.56. The highest BCUT2D eigenvalue weighted by Crippen LogP contribution is 2.38. The Morgan fingerprint density at radius 3 is 1.92 bits per heavy atom. The van der Waals surface area contributed by atoms with Crippen LogP contribution >= 0.6 is 82.6 Å². The van der Waals surface area contributed by atoms with Gasteiger partial charge in [0.1, 0.15) is 0 Å². The molecule has 0 saturated carbocycles. The predicted octanol–water partition coefficient (Wildman–Crippen LogP) is 3.53. The zero-order chi connectivity index (χ0) is 9.99. The van der Waals surface area contributed by atoms with Crippen molar-refractivity contribution >= 4 is 82.6 Å². The number of ether oxygens (including phenoxy) is 1. The molecule has 0 saturated heterocycles. The van der Waals surface area contributed by atoms with Gasteiger partial charge in [-0.25, -0.2) is 0 Å². The van der Waals surface area contributed by atoms with Crippen LogP contribution in [0.5, 0.6) is 0 Å². The summed E-state index contributed by atoms with van der Waals surface area (Å²) in [4.78, 5) is 0. The van der Waals surface area contributed by atoms with Crippen molar-refractivity contribution < 1.29 is 9.84 Å². The normalized spacial score (nSPS) is 16.2. The summed E-state index contributed by atoms with van der Waals surface area (Å²) in [7, 11) is 0. The van der Waals surface area contributed by atoms with Crippen molar-refractivity contribution in [2.75, 3.05) is 6.61 Å². The lowest BCUT2D eigenvalue weighted by molar-refractivity contribution is -0.0868. The molecule has 0 heterocycles. The van der Waals surface area contributed by atoms with Crippen LogP contribution in [0.2, 0.25) is 0 Å². The third-order valence-electron chi connectivity index (χ3n) is 0.685. The summed E-state index contributed by atoms with van der Waals surface area (Å²) in [5, 5.41) is 9.21. The van der Waals surface area contributed by atoms with Gasteiger partial charge >= 0.3 is 0 Å². The average Bonchev–Trinajstić information content (AvgIpc) is 1.78. The van der Waals surface area contributed by atoms with Crippen LogP contribution in [0.15, 0.2) is 0 Å². The number of aliphatic hydroxyl groups excluding tert-OH is 1. The van der Waals surface area contributed by atoms with Crippen LogP contribution in [0.4, 0.5) is 0 Å². The van der Waals surface area contributed by atoms with Gasteiger partial charge in [0.05, 0.1) is 6.61 Å². The highest BCUT2D eigenvalue weighted by atomic mass is 80.0. The number of aliphatic hydroxyl groups is 1. The first kappa shape index (κ1) is 14.2. The summed E-state index contributed by atoms with van der Waals surface area (Å²) in [6.45, 7) is -0.205. The Bertz CT molecular complexity index is 143. The van der Waals surface area contributed by atoms with E-state index in [1.165, 1.54) is 0 Å². The predicted molar refractivity (Wildman–Crippen MR) is 61.8 cm³/mol. The van der Waals surface area contributed by atoms with Crippen molar-refractivity contribution in [3.63, 3.8) is 0 Å². The second-order valence-corrected chi connectivity index (χ2v) is 11.3. The standard InChI is InChI=1S/C4H4Br3Cl3O2/c5-4(6,7)2(11)12-1-3(8,9)10/h2,11H,1H2. The molecule has 0 spiro atoms. The van der Waals surface area contributed by atoms with Gasteiger partial charge in [0, 0.05) is 0 Å². The van der Waals surface area contributed by atoms with Crippen molar-refractivity contribution in [1.82, 2.24) is 0 Å². The maximum Gasteiger partial charge on any atom is 0.213 e. The van der Waals surface area contributed by atoms with Gasteiger partial charge in [0.2, 0.25) is 3.79 Å². The van der Waals surface area contributed by atoms with Crippen LogP contribution in [0, 0.1) is 0 Å². The minimum Gasteiger partial charge on any atom is -0.365 e. The molecule has 1 N–H and O–H groups in total. The molecule has 0 bridgehead atoms. The van der Waals surface area contributed by atoms with E-state index in [0.29, 0.717) is 0 Å². The lowest BCUT2D eigenvalue weighted by atomic mass is 10.7. The minimum atomic E-state index is -1.53. The molecule has 0 aliphatic heterocycles. The molecule has 8 heteroatoms. The Hall–Kier alpha value is 2.23. The molecule has 0 aromatic rings. The van der Waals surface area contributed by atoms with Crippen LogP contribution in [-0.2, 0) is 4.74 Å². The maximum absolute atomic E-state index is 9.21. The molecule has 74 valence electrons. The topological polar surface area (TPSA) is 29.5 Å². The summed E-state index contributed by atoms with van der Waals surface area (Å²) >= 11 is 25.3. The summed E-state index contributed by atoms with van der Waals surface area (Å²) < 4.78 is 2.33. The highest BCUT2D eigenvalue weighted by molar-refractivity contribution is 9.39. The molecular weight excluding hydrogens is 426 g/mol. The average molecular weight is 430 g/mol. The van der Waals surface area contributed by atoms with Gasteiger partial charge in [-0.3, -0.25) is 0 Å². The van der Waals surface area contributed by atoms with E-state index in [4.69, 9.17) is 39.5 Å². The molecule has 0 radical (unpaired) electrons. The van der Waals surface area contributed by atoms with E-state index < -0.39 is 12.2 Å². The van der Waals surface area contributed by atoms with E-state index in [2.05, 4.69) is 47.8 Å². The summed E-state index contributed by atoms with van der Waals surface area (Å²) in [5.41, 5.74) is 0. The molecule has 0 aliphatic rings. The molecule has 1 atom stereocenters. The monoisotopic (exact) mass is 426 g/mol. The van der Waals surface area contributed by atoms with Gasteiger partial charge in [-0.15, -0.1) is 0 Å². The van der Waals surface area contributed by atoms with Gasteiger partial charge in [0.25, 0.3) is 0 Å². The largest absolute Gasteiger partial charge is 0.365 e. The second kappa shape index (κ2) is 5.35. The Morgan fingerprint density at radius 1 is 1.25 bits per heavy atom. The number of halogens is 6. The lowest BCUT2D eigenvalue weighted by Crippen LogP contribution is -2.30. The number of hydrogen-bond donors (Lipinski definition) is 1. The van der Waals surface area contributed by atoms with E-state index in [1.54, 1.807) is 0 Å². The maximum atomic E-state index is 9.21. The Morgan fingerprint density at radius 2 is 1.67 bits per heavy atom. The van der Waals surface area contributed by atoms with Crippen molar-refractivity contribution in [2.24, 2.45) is 0 Å². The van der Waals surface area contributed by atoms with Crippen molar-refractivity contribution in [3.05, 3.63) is 0 Å². The number of alkyl halides is 6. The third kappa shape index (κ3) is 7.62. The quantitative estimate of drug-likeness (QED) is 0.537. The molecule has 0 aliphatic carbocycles. The van der Waals surface area contributed by atoms with E-state index in [0.717, 1.165) is 0 Å². The summed E-state index contributed by atoms with van der Waals surface area (Å²) in [6, 6.07) is 0. The van der Waals surface area contributed by atoms with E-state index >= 15 is 0 Å². The summed E-state index contributed by atoms with van der Waals surface area (Å²) in [5.74, 6) is 0. The SMILES string of the molecule is OC(OCC(Cl)(Cl)Cl)C(Br)(Br)Br. The molecular formula is C4H4Br3Cl3O2. The molecule has 0 aromatic carbocycles. The summed E-state index contributed by atoms with van der Waals surface area (Å²) in [6.07, 6.45) is -1.17. The molecule has 2 nitrogen and oxygen atoms in total. The Balaban J connectivity index is 3.80. The Labute approximate surface area is 110 Å². The van der Waals surface area contributed by atoms with Gasteiger partial charge in [-0.05, 0) is 0 Å². The van der Waals surface area contributed by atoms with Gasteiger partial charge in [-0.2, -0.15) is 0 Å². The fourth-order valence-corrected chi connectivity index (χ4v) is 0.853. The van der Waals surface area contributed by atoms with E-state index in [9.17, 15) is 5.11 Å². The molecule has 0 fully saturated rings. The number of rotatable bonds is 2. The number of hydrogen-bond acceptors (Lipinski definition) is 2. The van der Waals surface area contributed by atoms with Crippen molar-refractivity contribution in [1.29, 1.82) is 0 Å². The zero-order valence-electron chi connectivity index (χ0n) is 5.41. The molecule has 0 amide bonds. The van der Waals surface area contributed by atoms with Gasteiger partial charge in [0.15, 0.2) is 8.43 Å². The first-order chi connectivity index (χ1) is 5.13. The first-order valence-corrected chi connectivity index (χ1v) is 6.07. The molecule has 0 rings (SSSR count). The zero-order valence-corrected chi connectivity index (χ0v) is 12.4. The minimum absolute atomic E-state index is 0.205. The fourth-order valence-electron chi connectivity index (χ4n) is 0.268. The van der Waals surface area contributed by atoms with Gasteiger partial charge in [-0.1, -0.05) is 82.6 Å². The molecule has 12 heavy (non-hydrogen) atoms. The van der Waals surface area contributed by atoms with Gasteiger partial charge < -0.3 is 9.84 Å². The van der Waals surface area contributed by atoms with Crippen LogP contribution in [0.3, 0.4) is 0 Å². The smallest absolute Gasteiger partial charge is 0.213 e. The second-order valence-electron chi connectivity index (χ2n) is 1.82.